The molecule has 21 heavy (non-hydrogen) atoms. The quantitative estimate of drug-likeness (QED) is 0.784. The Morgan fingerprint density at radius 2 is 2.33 bits per heavy atom. The molecule has 1 aromatic rings. The second kappa shape index (κ2) is 7.41. The molecule has 1 aliphatic rings. The molecule has 0 saturated carbocycles. The van der Waals surface area contributed by atoms with E-state index in [9.17, 15) is 9.59 Å². The lowest BCUT2D eigenvalue weighted by atomic mass is 10.3. The molecule has 0 aromatic carbocycles. The summed E-state index contributed by atoms with van der Waals surface area (Å²) in [6.07, 6.45) is 1.71. The Morgan fingerprint density at radius 3 is 3.05 bits per heavy atom. The van der Waals surface area contributed by atoms with Crippen LogP contribution >= 0.6 is 0 Å². The maximum atomic E-state index is 11.9. The summed E-state index contributed by atoms with van der Waals surface area (Å²) >= 11 is 0. The summed E-state index contributed by atoms with van der Waals surface area (Å²) in [5.41, 5.74) is 0.526. The number of carbonyl (C=O) groups excluding carboxylic acids is 2. The Morgan fingerprint density at radius 1 is 1.48 bits per heavy atom. The number of carbonyl (C=O) groups is 2. The number of aromatic nitrogens is 1. The zero-order valence-electron chi connectivity index (χ0n) is 11.6. The summed E-state index contributed by atoms with van der Waals surface area (Å²) in [5.74, 6) is 5.73. The number of likely N-dealkylation sites (tertiary alicyclic amines) is 1. The van der Waals surface area contributed by atoms with E-state index < -0.39 is 0 Å². The summed E-state index contributed by atoms with van der Waals surface area (Å²) in [7, 11) is 0. The van der Waals surface area contributed by atoms with Gasteiger partial charge in [0.15, 0.2) is 0 Å². The molecule has 0 spiro atoms. The monoisotopic (exact) mass is 287 g/mol. The summed E-state index contributed by atoms with van der Waals surface area (Å²) in [6, 6.07) is 5.14. The van der Waals surface area contributed by atoms with E-state index in [1.54, 1.807) is 23.1 Å². The van der Waals surface area contributed by atoms with Crippen molar-refractivity contribution in [2.24, 2.45) is 0 Å². The lowest BCUT2D eigenvalue weighted by molar-refractivity contribution is -0.131. The SMILES string of the molecule is O=C(CN1CCCC1=O)Nc1cccc(C#CCCO)n1. The van der Waals surface area contributed by atoms with Crippen molar-refractivity contribution in [2.45, 2.75) is 19.3 Å². The number of aliphatic hydroxyl groups is 1. The number of hydrogen-bond donors (Lipinski definition) is 2. The minimum absolute atomic E-state index is 0.00723. The third kappa shape index (κ3) is 4.58. The highest BCUT2D eigenvalue weighted by Gasteiger charge is 2.22. The van der Waals surface area contributed by atoms with Crippen molar-refractivity contribution in [1.29, 1.82) is 0 Å². The van der Waals surface area contributed by atoms with Gasteiger partial charge in [-0.1, -0.05) is 12.0 Å². The van der Waals surface area contributed by atoms with Crippen molar-refractivity contribution in [2.75, 3.05) is 25.0 Å². The van der Waals surface area contributed by atoms with Gasteiger partial charge in [0.05, 0.1) is 13.2 Å². The van der Waals surface area contributed by atoms with Gasteiger partial charge in [-0.2, -0.15) is 0 Å². The van der Waals surface area contributed by atoms with Gasteiger partial charge >= 0.3 is 0 Å². The normalized spacial score (nSPS) is 13.8. The van der Waals surface area contributed by atoms with Crippen molar-refractivity contribution >= 4 is 17.6 Å². The molecule has 1 aliphatic heterocycles. The Bertz CT molecular complexity index is 589. The molecule has 2 rings (SSSR count). The van der Waals surface area contributed by atoms with Crippen LogP contribution < -0.4 is 5.32 Å². The highest BCUT2D eigenvalue weighted by Crippen LogP contribution is 2.10. The van der Waals surface area contributed by atoms with E-state index >= 15 is 0 Å². The third-order valence-corrected chi connectivity index (χ3v) is 2.98. The largest absolute Gasteiger partial charge is 0.395 e. The van der Waals surface area contributed by atoms with E-state index in [-0.39, 0.29) is 25.0 Å². The minimum atomic E-state index is -0.266. The number of pyridine rings is 1. The molecule has 6 nitrogen and oxygen atoms in total. The van der Waals surface area contributed by atoms with Crippen molar-refractivity contribution in [3.63, 3.8) is 0 Å². The van der Waals surface area contributed by atoms with Gasteiger partial charge in [-0.15, -0.1) is 0 Å². The topological polar surface area (TPSA) is 82.5 Å². The third-order valence-electron chi connectivity index (χ3n) is 2.98. The Kier molecular flexibility index (Phi) is 5.29. The fraction of sp³-hybridized carbons (Fsp3) is 0.400. The second-order valence-electron chi connectivity index (χ2n) is 4.65. The van der Waals surface area contributed by atoms with Gasteiger partial charge in [0, 0.05) is 19.4 Å². The summed E-state index contributed by atoms with van der Waals surface area (Å²) < 4.78 is 0. The Labute approximate surface area is 123 Å². The van der Waals surface area contributed by atoms with Crippen molar-refractivity contribution in [3.8, 4) is 11.8 Å². The summed E-state index contributed by atoms with van der Waals surface area (Å²) in [4.78, 5) is 29.1. The molecule has 0 unspecified atom stereocenters. The van der Waals surface area contributed by atoms with Gasteiger partial charge in [-0.25, -0.2) is 4.98 Å². The van der Waals surface area contributed by atoms with Crippen LogP contribution in [-0.2, 0) is 9.59 Å². The Hall–Kier alpha value is -2.39. The molecule has 2 heterocycles. The van der Waals surface area contributed by atoms with Crippen LogP contribution in [0.4, 0.5) is 5.82 Å². The van der Waals surface area contributed by atoms with Crippen LogP contribution in [0, 0.1) is 11.8 Å². The van der Waals surface area contributed by atoms with Gasteiger partial charge in [0.1, 0.15) is 11.5 Å². The van der Waals surface area contributed by atoms with Crippen LogP contribution in [-0.4, -0.2) is 46.5 Å². The van der Waals surface area contributed by atoms with Crippen molar-refractivity contribution in [3.05, 3.63) is 23.9 Å². The van der Waals surface area contributed by atoms with Crippen LogP contribution in [0.15, 0.2) is 18.2 Å². The van der Waals surface area contributed by atoms with E-state index in [2.05, 4.69) is 22.1 Å². The minimum Gasteiger partial charge on any atom is -0.395 e. The van der Waals surface area contributed by atoms with Crippen LogP contribution in [0.25, 0.3) is 0 Å². The number of aliphatic hydroxyl groups excluding tert-OH is 1. The predicted octanol–water partition coefficient (Wildman–Crippen LogP) is 0.376. The highest BCUT2D eigenvalue weighted by molar-refractivity contribution is 5.94. The van der Waals surface area contributed by atoms with Gasteiger partial charge in [-0.3, -0.25) is 9.59 Å². The first-order valence-electron chi connectivity index (χ1n) is 6.83. The lowest BCUT2D eigenvalue weighted by Gasteiger charge is -2.14. The van der Waals surface area contributed by atoms with Gasteiger partial charge in [0.25, 0.3) is 0 Å². The van der Waals surface area contributed by atoms with Crippen LogP contribution in [0.3, 0.4) is 0 Å². The zero-order chi connectivity index (χ0) is 15.1. The molecule has 6 heteroatoms. The molecule has 1 aromatic heterocycles. The highest BCUT2D eigenvalue weighted by atomic mass is 16.2. The summed E-state index contributed by atoms with van der Waals surface area (Å²) in [5, 5.41) is 11.3. The van der Waals surface area contributed by atoms with E-state index in [0.717, 1.165) is 6.42 Å². The fourth-order valence-electron chi connectivity index (χ4n) is 2.01. The maximum Gasteiger partial charge on any atom is 0.245 e. The zero-order valence-corrected chi connectivity index (χ0v) is 11.6. The molecular formula is C15H17N3O3. The van der Waals surface area contributed by atoms with Crippen molar-refractivity contribution < 1.29 is 14.7 Å². The van der Waals surface area contributed by atoms with Gasteiger partial charge < -0.3 is 15.3 Å². The van der Waals surface area contributed by atoms with Crippen LogP contribution in [0.2, 0.25) is 0 Å². The molecule has 110 valence electrons. The van der Waals surface area contributed by atoms with Crippen LogP contribution in [0.1, 0.15) is 25.0 Å². The lowest BCUT2D eigenvalue weighted by Crippen LogP contribution is -2.34. The number of hydrogen-bond acceptors (Lipinski definition) is 4. The van der Waals surface area contributed by atoms with Gasteiger partial charge in [0.2, 0.25) is 11.8 Å². The fourth-order valence-corrected chi connectivity index (χ4v) is 2.01. The molecule has 0 aliphatic carbocycles. The number of amides is 2. The molecule has 1 saturated heterocycles. The molecular weight excluding hydrogens is 270 g/mol. The number of nitrogens with zero attached hydrogens (tertiary/aromatic N) is 2. The van der Waals surface area contributed by atoms with E-state index in [1.807, 2.05) is 0 Å². The predicted molar refractivity (Wildman–Crippen MR) is 77.3 cm³/mol. The van der Waals surface area contributed by atoms with E-state index in [1.165, 1.54) is 0 Å². The number of rotatable bonds is 4. The summed E-state index contributed by atoms with van der Waals surface area (Å²) in [6.45, 7) is 0.695. The molecule has 0 atom stereocenters. The molecule has 0 radical (unpaired) electrons. The Balaban J connectivity index is 1.93. The molecule has 2 N–H and O–H groups in total. The molecule has 0 bridgehead atoms. The average molecular weight is 287 g/mol. The van der Waals surface area contributed by atoms with E-state index in [4.69, 9.17) is 5.11 Å². The first-order valence-corrected chi connectivity index (χ1v) is 6.83. The van der Waals surface area contributed by atoms with Crippen LogP contribution in [0.5, 0.6) is 0 Å². The number of anilines is 1. The van der Waals surface area contributed by atoms with Crippen molar-refractivity contribution in [1.82, 2.24) is 9.88 Å². The van der Waals surface area contributed by atoms with E-state index in [0.29, 0.717) is 30.9 Å². The number of nitrogens with one attached hydrogen (secondary N) is 1. The average Bonchev–Trinajstić information content (AvgIpc) is 2.85. The molecule has 2 amide bonds. The molecule has 1 fully saturated rings. The standard InChI is InChI=1S/C15H17N3O3/c19-10-2-1-5-12-6-3-7-13(16-12)17-14(20)11-18-9-4-8-15(18)21/h3,6-7,19H,2,4,8-11H2,(H,16,17,20). The smallest absolute Gasteiger partial charge is 0.245 e. The first kappa shape index (κ1) is 15.0. The first-order chi connectivity index (χ1) is 10.2. The second-order valence-corrected chi connectivity index (χ2v) is 4.65. The van der Waals surface area contributed by atoms with Gasteiger partial charge in [-0.05, 0) is 24.5 Å². The maximum absolute atomic E-state index is 11.9.